The van der Waals surface area contributed by atoms with E-state index >= 15 is 4.39 Å². The Balaban J connectivity index is 1.39. The summed E-state index contributed by atoms with van der Waals surface area (Å²) in [4.78, 5) is 47.5. The van der Waals surface area contributed by atoms with E-state index in [-0.39, 0.29) is 34.2 Å². The molecule has 0 aromatic carbocycles. The van der Waals surface area contributed by atoms with Gasteiger partial charge in [0.25, 0.3) is 0 Å². The predicted molar refractivity (Wildman–Crippen MR) is 123 cm³/mol. The van der Waals surface area contributed by atoms with Crippen molar-refractivity contribution in [3.8, 4) is 5.13 Å². The van der Waals surface area contributed by atoms with Gasteiger partial charge in [-0.25, -0.2) is 19.2 Å². The molecule has 0 saturated carbocycles. The number of aromatic carboxylic acids is 1. The number of rotatable bonds is 6. The first kappa shape index (κ1) is 23.7. The number of ether oxygens (including phenoxy) is 1. The van der Waals surface area contributed by atoms with Crippen LogP contribution in [0.15, 0.2) is 22.3 Å². The Morgan fingerprint density at radius 1 is 1.34 bits per heavy atom. The molecule has 2 aromatic heterocycles. The molecule has 186 valence electrons. The van der Waals surface area contributed by atoms with Crippen LogP contribution in [0.2, 0.25) is 0 Å². The van der Waals surface area contributed by atoms with Gasteiger partial charge in [0.15, 0.2) is 6.17 Å². The molecule has 3 aliphatic heterocycles. The molecule has 0 spiro atoms. The minimum atomic E-state index is -1.62. The summed E-state index contributed by atoms with van der Waals surface area (Å²) in [5.74, 6) is -1.81. The molecular formula is C22H25FN6O5S. The van der Waals surface area contributed by atoms with Gasteiger partial charge >= 0.3 is 5.97 Å². The van der Waals surface area contributed by atoms with Gasteiger partial charge in [-0.15, -0.1) is 0 Å². The van der Waals surface area contributed by atoms with Crippen molar-refractivity contribution >= 4 is 29.0 Å². The van der Waals surface area contributed by atoms with Gasteiger partial charge in [0.05, 0.1) is 17.2 Å². The standard InChI is InChI=1S/C22H25FN6O5S/c1-11-15-17(30)14(21(32)33)9-29(22-25-10-26-35-22)18(15)27-19(16(11)23)28-7-12(8-28)20(31)24-6-13-4-2-3-5-34-13/h9-10,12-13,16,19H,2-8H2,1H3,(H,24,31)(H,32,33). The van der Waals surface area contributed by atoms with Gasteiger partial charge in [-0.3, -0.25) is 19.1 Å². The van der Waals surface area contributed by atoms with Crippen molar-refractivity contribution in [3.63, 3.8) is 0 Å². The highest BCUT2D eigenvalue weighted by atomic mass is 32.1. The van der Waals surface area contributed by atoms with Gasteiger partial charge in [0, 0.05) is 44.0 Å². The van der Waals surface area contributed by atoms with Crippen LogP contribution < -0.4 is 21.5 Å². The highest BCUT2D eigenvalue weighted by Gasteiger charge is 2.42. The molecule has 3 unspecified atom stereocenters. The van der Waals surface area contributed by atoms with Crippen LogP contribution in [0, 0.1) is 5.92 Å². The SMILES string of the molecule is CC1=c2c(=O)c(C(=O)O)cn(-c3ncns3)c2=NC(N2CC(C(=O)NCC3CCCCO3)C2)C1F. The number of alkyl halides is 1. The Labute approximate surface area is 203 Å². The van der Waals surface area contributed by atoms with Crippen LogP contribution in [0.25, 0.3) is 10.7 Å². The maximum atomic E-state index is 15.5. The molecule has 0 aliphatic carbocycles. The number of halogens is 1. The van der Waals surface area contributed by atoms with E-state index in [2.05, 4.69) is 19.7 Å². The van der Waals surface area contributed by atoms with Crippen LogP contribution in [0.5, 0.6) is 0 Å². The number of nitrogens with zero attached hydrogens (tertiary/aromatic N) is 5. The third-order valence-electron chi connectivity index (χ3n) is 6.72. The molecule has 11 nitrogen and oxygen atoms in total. The summed E-state index contributed by atoms with van der Waals surface area (Å²) >= 11 is 0.995. The van der Waals surface area contributed by atoms with Crippen LogP contribution in [-0.2, 0) is 9.53 Å². The van der Waals surface area contributed by atoms with Crippen molar-refractivity contribution in [2.75, 3.05) is 26.2 Å². The number of amides is 1. The van der Waals surface area contributed by atoms with E-state index in [4.69, 9.17) is 4.74 Å². The first-order valence-corrected chi connectivity index (χ1v) is 12.2. The normalized spacial score (nSPS) is 24.9. The Morgan fingerprint density at radius 3 is 2.80 bits per heavy atom. The van der Waals surface area contributed by atoms with Crippen molar-refractivity contribution in [1.29, 1.82) is 0 Å². The van der Waals surface area contributed by atoms with Gasteiger partial charge in [-0.1, -0.05) is 0 Å². The summed E-state index contributed by atoms with van der Waals surface area (Å²) in [5, 5.41) is 12.7. The Kier molecular flexibility index (Phi) is 6.47. The minimum absolute atomic E-state index is 0.0361. The molecule has 3 aliphatic rings. The van der Waals surface area contributed by atoms with Gasteiger partial charge in [0.1, 0.15) is 23.5 Å². The molecule has 5 heterocycles. The molecule has 3 atom stereocenters. The largest absolute Gasteiger partial charge is 0.477 e. The lowest BCUT2D eigenvalue weighted by molar-refractivity contribution is -0.132. The van der Waals surface area contributed by atoms with Gasteiger partial charge in [0.2, 0.25) is 16.5 Å². The average molecular weight is 505 g/mol. The highest BCUT2D eigenvalue weighted by molar-refractivity contribution is 7.07. The summed E-state index contributed by atoms with van der Waals surface area (Å²) < 4.78 is 26.4. The van der Waals surface area contributed by atoms with Crippen LogP contribution in [-0.4, -0.2) is 80.5 Å². The fourth-order valence-corrected chi connectivity index (χ4v) is 5.21. The number of carboxylic acids is 1. The molecule has 2 saturated heterocycles. The maximum Gasteiger partial charge on any atom is 0.341 e. The third kappa shape index (κ3) is 4.39. The topological polar surface area (TPSA) is 139 Å². The average Bonchev–Trinajstić information content (AvgIpc) is 3.35. The Morgan fingerprint density at radius 2 is 2.14 bits per heavy atom. The van der Waals surface area contributed by atoms with Crippen LogP contribution in [0.3, 0.4) is 0 Å². The summed E-state index contributed by atoms with van der Waals surface area (Å²) in [5.41, 5.74) is -1.05. The van der Waals surface area contributed by atoms with Crippen molar-refractivity contribution in [2.24, 2.45) is 10.9 Å². The first-order valence-electron chi connectivity index (χ1n) is 11.5. The molecule has 0 radical (unpaired) electrons. The Bertz CT molecular complexity index is 1320. The molecule has 0 bridgehead atoms. The molecule has 5 rings (SSSR count). The van der Waals surface area contributed by atoms with Gasteiger partial charge in [-0.2, -0.15) is 4.37 Å². The summed E-state index contributed by atoms with van der Waals surface area (Å²) in [6, 6.07) is 0. The van der Waals surface area contributed by atoms with Crippen molar-refractivity contribution in [3.05, 3.63) is 39.0 Å². The summed E-state index contributed by atoms with van der Waals surface area (Å²) in [7, 11) is 0. The molecule has 2 aromatic rings. The smallest absolute Gasteiger partial charge is 0.341 e. The van der Waals surface area contributed by atoms with Crippen LogP contribution in [0.1, 0.15) is 36.5 Å². The second-order valence-electron chi connectivity index (χ2n) is 8.98. The second kappa shape index (κ2) is 9.55. The zero-order valence-electron chi connectivity index (χ0n) is 19.0. The van der Waals surface area contributed by atoms with E-state index in [1.165, 1.54) is 17.8 Å². The third-order valence-corrected chi connectivity index (χ3v) is 7.39. The van der Waals surface area contributed by atoms with E-state index in [1.54, 1.807) is 4.90 Å². The predicted octanol–water partition coefficient (Wildman–Crippen LogP) is -0.528. The number of nitrogens with one attached hydrogen (secondary N) is 1. The molecular weight excluding hydrogens is 479 g/mol. The number of aromatic nitrogens is 3. The van der Waals surface area contributed by atoms with Crippen molar-refractivity contribution in [2.45, 2.75) is 44.6 Å². The van der Waals surface area contributed by atoms with Gasteiger partial charge in [-0.05, 0) is 31.8 Å². The number of hydrogen-bond acceptors (Lipinski definition) is 9. The number of pyridine rings is 1. The van der Waals surface area contributed by atoms with Crippen LogP contribution >= 0.6 is 11.5 Å². The van der Waals surface area contributed by atoms with Gasteiger partial charge < -0.3 is 15.2 Å². The minimum Gasteiger partial charge on any atom is -0.477 e. The lowest BCUT2D eigenvalue weighted by Gasteiger charge is -2.43. The lowest BCUT2D eigenvalue weighted by atomic mass is 9.94. The molecule has 2 fully saturated rings. The van der Waals surface area contributed by atoms with Crippen molar-refractivity contribution < 1.29 is 23.8 Å². The van der Waals surface area contributed by atoms with Crippen LogP contribution in [0.4, 0.5) is 4.39 Å². The quantitative estimate of drug-likeness (QED) is 0.536. The first-order chi connectivity index (χ1) is 16.8. The molecule has 13 heteroatoms. The number of carbonyl (C=O) groups is 2. The van der Waals surface area contributed by atoms with E-state index in [0.717, 1.165) is 37.0 Å². The van der Waals surface area contributed by atoms with Crippen molar-refractivity contribution in [1.82, 2.24) is 24.1 Å². The number of hydrogen-bond donors (Lipinski definition) is 2. The second-order valence-corrected chi connectivity index (χ2v) is 9.74. The number of fused-ring (bicyclic) bond motifs is 1. The zero-order chi connectivity index (χ0) is 24.7. The molecule has 1 amide bonds. The number of carbonyl (C=O) groups excluding carboxylic acids is 1. The van der Waals surface area contributed by atoms with E-state index in [1.807, 2.05) is 0 Å². The highest BCUT2D eigenvalue weighted by Crippen LogP contribution is 2.26. The molecule has 35 heavy (non-hydrogen) atoms. The van der Waals surface area contributed by atoms with E-state index in [9.17, 15) is 19.5 Å². The number of likely N-dealkylation sites (tertiary alicyclic amines) is 1. The number of carboxylic acid groups (broad SMARTS) is 1. The monoisotopic (exact) mass is 504 g/mol. The zero-order valence-corrected chi connectivity index (χ0v) is 19.8. The van der Waals surface area contributed by atoms with E-state index < -0.39 is 29.3 Å². The summed E-state index contributed by atoms with van der Waals surface area (Å²) in [6.45, 7) is 3.30. The summed E-state index contributed by atoms with van der Waals surface area (Å²) in [6.07, 6.45) is 2.98. The fourth-order valence-electron chi connectivity index (χ4n) is 4.70. The Hall–Kier alpha value is -3.03. The fraction of sp³-hybridized carbons (Fsp3) is 0.545. The van der Waals surface area contributed by atoms with E-state index in [0.29, 0.717) is 31.4 Å². The molecule has 2 N–H and O–H groups in total. The maximum absolute atomic E-state index is 15.5. The lowest BCUT2D eigenvalue weighted by Crippen LogP contribution is -2.63.